The lowest BCUT2D eigenvalue weighted by Crippen LogP contribution is -2.31. The monoisotopic (exact) mass is 305 g/mol. The lowest BCUT2D eigenvalue weighted by Gasteiger charge is -2.20. The number of hydrogen-bond acceptors (Lipinski definition) is 4. The van der Waals surface area contributed by atoms with Gasteiger partial charge in [-0.2, -0.15) is 11.3 Å². The predicted octanol–water partition coefficient (Wildman–Crippen LogP) is 4.27. The quantitative estimate of drug-likeness (QED) is 0.743. The van der Waals surface area contributed by atoms with Gasteiger partial charge in [-0.1, -0.05) is 0 Å². The van der Waals surface area contributed by atoms with E-state index in [1.54, 1.807) is 22.7 Å². The third kappa shape index (κ3) is 3.19. The molecule has 4 heteroatoms. The van der Waals surface area contributed by atoms with E-state index in [1.807, 2.05) is 13.0 Å². The highest BCUT2D eigenvalue weighted by atomic mass is 32.1. The minimum absolute atomic E-state index is 0.272. The van der Waals surface area contributed by atoms with Crippen LogP contribution >= 0.6 is 22.7 Å². The zero-order valence-electron chi connectivity index (χ0n) is 11.9. The van der Waals surface area contributed by atoms with Crippen LogP contribution in [0.1, 0.15) is 38.5 Å². The largest absolute Gasteiger partial charge is 0.293 e. The molecule has 0 saturated heterocycles. The van der Waals surface area contributed by atoms with Gasteiger partial charge in [-0.05, 0) is 55.1 Å². The summed E-state index contributed by atoms with van der Waals surface area (Å²) in [5.41, 5.74) is 2.25. The number of thiophene rings is 2. The second-order valence-corrected chi connectivity index (χ2v) is 7.76. The minimum Gasteiger partial charge on any atom is -0.293 e. The molecule has 0 radical (unpaired) electrons. The number of carbonyl (C=O) groups is 1. The molecule has 2 aromatic rings. The number of carbonyl (C=O) groups excluding carboxylic acids is 1. The third-order valence-corrected chi connectivity index (χ3v) is 5.42. The van der Waals surface area contributed by atoms with E-state index in [1.165, 1.54) is 23.3 Å². The Morgan fingerprint density at radius 3 is 2.75 bits per heavy atom. The highest BCUT2D eigenvalue weighted by molar-refractivity contribution is 7.12. The van der Waals surface area contributed by atoms with Crippen LogP contribution in [0.15, 0.2) is 22.9 Å². The first-order valence-electron chi connectivity index (χ1n) is 6.99. The van der Waals surface area contributed by atoms with E-state index in [2.05, 4.69) is 28.7 Å². The number of rotatable bonds is 6. The fraction of sp³-hybridized carbons (Fsp3) is 0.438. The fourth-order valence-electron chi connectivity index (χ4n) is 2.55. The zero-order chi connectivity index (χ0) is 14.1. The summed E-state index contributed by atoms with van der Waals surface area (Å²) < 4.78 is 0. The van der Waals surface area contributed by atoms with Crippen molar-refractivity contribution in [2.24, 2.45) is 0 Å². The Morgan fingerprint density at radius 1 is 1.40 bits per heavy atom. The Labute approximate surface area is 128 Å². The second kappa shape index (κ2) is 5.80. The SMILES string of the molecule is Cc1cc(C(=O)CN(Cc2ccsc2)C2CC2)c(C)s1. The van der Waals surface area contributed by atoms with E-state index in [0.717, 1.165) is 17.0 Å². The average Bonchev–Trinajstić information content (AvgIpc) is 3.02. The van der Waals surface area contributed by atoms with Crippen molar-refractivity contribution in [3.63, 3.8) is 0 Å². The number of aryl methyl sites for hydroxylation is 2. The van der Waals surface area contributed by atoms with Gasteiger partial charge in [-0.3, -0.25) is 9.69 Å². The second-order valence-electron chi connectivity index (χ2n) is 5.52. The van der Waals surface area contributed by atoms with Gasteiger partial charge < -0.3 is 0 Å². The molecule has 0 N–H and O–H groups in total. The molecule has 1 aliphatic carbocycles. The molecule has 20 heavy (non-hydrogen) atoms. The van der Waals surface area contributed by atoms with Crippen molar-refractivity contribution < 1.29 is 4.79 Å². The number of ketones is 1. The third-order valence-electron chi connectivity index (χ3n) is 3.72. The Kier molecular flexibility index (Phi) is 4.06. The van der Waals surface area contributed by atoms with Gasteiger partial charge in [-0.15, -0.1) is 11.3 Å². The van der Waals surface area contributed by atoms with E-state index in [4.69, 9.17) is 0 Å². The molecule has 2 aromatic heterocycles. The molecule has 0 aromatic carbocycles. The van der Waals surface area contributed by atoms with Crippen LogP contribution < -0.4 is 0 Å². The Balaban J connectivity index is 1.70. The maximum Gasteiger partial charge on any atom is 0.177 e. The van der Waals surface area contributed by atoms with Gasteiger partial charge in [0.05, 0.1) is 6.54 Å². The van der Waals surface area contributed by atoms with Crippen LogP contribution in [0.25, 0.3) is 0 Å². The van der Waals surface area contributed by atoms with Crippen LogP contribution in [0.3, 0.4) is 0 Å². The van der Waals surface area contributed by atoms with E-state index < -0.39 is 0 Å². The summed E-state index contributed by atoms with van der Waals surface area (Å²) in [4.78, 5) is 17.2. The maximum atomic E-state index is 12.5. The number of Topliss-reactive ketones (excluding diaryl/α,β-unsaturated/α-hetero) is 1. The molecule has 0 aliphatic heterocycles. The predicted molar refractivity (Wildman–Crippen MR) is 85.9 cm³/mol. The van der Waals surface area contributed by atoms with Crippen LogP contribution in [-0.2, 0) is 6.54 Å². The van der Waals surface area contributed by atoms with Gasteiger partial charge in [0.25, 0.3) is 0 Å². The first-order valence-corrected chi connectivity index (χ1v) is 8.75. The zero-order valence-corrected chi connectivity index (χ0v) is 13.5. The van der Waals surface area contributed by atoms with Gasteiger partial charge in [-0.25, -0.2) is 0 Å². The molecular weight excluding hydrogens is 286 g/mol. The summed E-state index contributed by atoms with van der Waals surface area (Å²) in [7, 11) is 0. The molecule has 0 bridgehead atoms. The fourth-order valence-corrected chi connectivity index (χ4v) is 4.15. The van der Waals surface area contributed by atoms with Gasteiger partial charge in [0, 0.05) is 27.9 Å². The van der Waals surface area contributed by atoms with Gasteiger partial charge in [0.2, 0.25) is 0 Å². The molecule has 1 saturated carbocycles. The summed E-state index contributed by atoms with van der Waals surface area (Å²) in [6.07, 6.45) is 2.47. The van der Waals surface area contributed by atoms with Crippen LogP contribution in [0.2, 0.25) is 0 Å². The number of hydrogen-bond donors (Lipinski definition) is 0. The molecule has 3 rings (SSSR count). The van der Waals surface area contributed by atoms with Crippen molar-refractivity contribution in [3.8, 4) is 0 Å². The maximum absolute atomic E-state index is 12.5. The van der Waals surface area contributed by atoms with Gasteiger partial charge in [0.15, 0.2) is 5.78 Å². The lowest BCUT2D eigenvalue weighted by molar-refractivity contribution is 0.0919. The molecule has 2 nitrogen and oxygen atoms in total. The van der Waals surface area contributed by atoms with Crippen molar-refractivity contribution >= 4 is 28.5 Å². The summed E-state index contributed by atoms with van der Waals surface area (Å²) >= 11 is 3.44. The van der Waals surface area contributed by atoms with Gasteiger partial charge >= 0.3 is 0 Å². The van der Waals surface area contributed by atoms with Crippen molar-refractivity contribution in [2.75, 3.05) is 6.54 Å². The average molecular weight is 305 g/mol. The lowest BCUT2D eigenvalue weighted by atomic mass is 10.1. The molecule has 2 heterocycles. The molecular formula is C16H19NOS2. The van der Waals surface area contributed by atoms with Crippen molar-refractivity contribution in [3.05, 3.63) is 43.8 Å². The molecule has 0 spiro atoms. The van der Waals surface area contributed by atoms with Crippen LogP contribution in [0.5, 0.6) is 0 Å². The van der Waals surface area contributed by atoms with E-state index in [9.17, 15) is 4.79 Å². The Morgan fingerprint density at radius 2 is 2.20 bits per heavy atom. The summed E-state index contributed by atoms with van der Waals surface area (Å²) in [5, 5.41) is 4.29. The molecule has 106 valence electrons. The Hall–Kier alpha value is -0.970. The van der Waals surface area contributed by atoms with Crippen molar-refractivity contribution in [1.82, 2.24) is 4.90 Å². The standard InChI is InChI=1S/C16H19NOS2/c1-11-7-15(12(2)20-11)16(18)9-17(14-3-4-14)8-13-5-6-19-10-13/h5-7,10,14H,3-4,8-9H2,1-2H3. The van der Waals surface area contributed by atoms with Crippen molar-refractivity contribution in [2.45, 2.75) is 39.3 Å². The molecule has 0 unspecified atom stereocenters. The van der Waals surface area contributed by atoms with E-state index >= 15 is 0 Å². The van der Waals surface area contributed by atoms with Crippen LogP contribution in [-0.4, -0.2) is 23.3 Å². The van der Waals surface area contributed by atoms with Crippen molar-refractivity contribution in [1.29, 1.82) is 0 Å². The van der Waals surface area contributed by atoms with Crippen LogP contribution in [0, 0.1) is 13.8 Å². The van der Waals surface area contributed by atoms with E-state index in [-0.39, 0.29) is 5.78 Å². The number of nitrogens with zero attached hydrogens (tertiary/aromatic N) is 1. The van der Waals surface area contributed by atoms with Gasteiger partial charge in [0.1, 0.15) is 0 Å². The summed E-state index contributed by atoms with van der Waals surface area (Å²) in [6, 6.07) is 4.81. The first-order chi connectivity index (χ1) is 9.63. The molecule has 1 fully saturated rings. The summed E-state index contributed by atoms with van der Waals surface area (Å²) in [6.45, 7) is 5.57. The van der Waals surface area contributed by atoms with E-state index in [0.29, 0.717) is 12.6 Å². The van der Waals surface area contributed by atoms with Crippen LogP contribution in [0.4, 0.5) is 0 Å². The summed E-state index contributed by atoms with van der Waals surface area (Å²) in [5.74, 6) is 0.272. The molecule has 0 amide bonds. The first kappa shape index (κ1) is 14.0. The smallest absolute Gasteiger partial charge is 0.177 e. The normalized spacial score (nSPS) is 14.9. The topological polar surface area (TPSA) is 20.3 Å². The minimum atomic E-state index is 0.272. The molecule has 0 atom stereocenters. The molecule has 1 aliphatic rings. The Bertz CT molecular complexity index is 596. The highest BCUT2D eigenvalue weighted by Gasteiger charge is 2.30. The highest BCUT2D eigenvalue weighted by Crippen LogP contribution is 2.29.